The fourth-order valence-corrected chi connectivity index (χ4v) is 2.18. The van der Waals surface area contributed by atoms with E-state index in [1.54, 1.807) is 6.07 Å². The van der Waals surface area contributed by atoms with Crippen LogP contribution >= 0.6 is 0 Å². The molecule has 3 nitrogen and oxygen atoms in total. The predicted molar refractivity (Wildman–Crippen MR) is 68.1 cm³/mol. The average Bonchev–Trinajstić information content (AvgIpc) is 2.84. The van der Waals surface area contributed by atoms with E-state index in [1.165, 1.54) is 12.1 Å². The lowest BCUT2D eigenvalue weighted by Crippen LogP contribution is -2.13. The average molecular weight is 253 g/mol. The van der Waals surface area contributed by atoms with Crippen molar-refractivity contribution in [2.45, 2.75) is 38.3 Å². The maximum atomic E-state index is 13.1. The first kappa shape index (κ1) is 13.3. The van der Waals surface area contributed by atoms with Gasteiger partial charge in [-0.1, -0.05) is 0 Å². The number of hydrogen-bond donors (Lipinski definition) is 1. The second kappa shape index (κ2) is 6.16. The maximum absolute atomic E-state index is 13.1. The predicted octanol–water partition coefficient (Wildman–Crippen LogP) is 2.79. The van der Waals surface area contributed by atoms with E-state index >= 15 is 0 Å². The highest BCUT2D eigenvalue weighted by atomic mass is 19.1. The standard InChI is InChI=1S/C14H20FNO2/c1-10(16)13-9-11(15)4-5-14(13)18-8-6-12-3-2-7-17-12/h4-5,9-10,12H,2-3,6-8,16H2,1H3/t10-,12?/m0/s1. The molecule has 0 spiro atoms. The van der Waals surface area contributed by atoms with E-state index in [-0.39, 0.29) is 11.9 Å². The van der Waals surface area contributed by atoms with Crippen LogP contribution in [0, 0.1) is 5.82 Å². The quantitative estimate of drug-likeness (QED) is 0.877. The minimum absolute atomic E-state index is 0.238. The minimum atomic E-state index is -0.284. The van der Waals surface area contributed by atoms with Gasteiger partial charge in [0.2, 0.25) is 0 Å². The van der Waals surface area contributed by atoms with Crippen LogP contribution in [-0.4, -0.2) is 19.3 Å². The van der Waals surface area contributed by atoms with Gasteiger partial charge in [0.25, 0.3) is 0 Å². The van der Waals surface area contributed by atoms with Gasteiger partial charge in [0, 0.05) is 24.6 Å². The Balaban J connectivity index is 1.91. The van der Waals surface area contributed by atoms with Crippen LogP contribution in [0.2, 0.25) is 0 Å². The van der Waals surface area contributed by atoms with Crippen LogP contribution in [0.15, 0.2) is 18.2 Å². The van der Waals surface area contributed by atoms with Gasteiger partial charge in [-0.15, -0.1) is 0 Å². The summed E-state index contributed by atoms with van der Waals surface area (Å²) in [5.74, 6) is 0.387. The van der Waals surface area contributed by atoms with E-state index in [0.29, 0.717) is 24.0 Å². The summed E-state index contributed by atoms with van der Waals surface area (Å²) in [6, 6.07) is 4.24. The molecule has 2 N–H and O–H groups in total. The van der Waals surface area contributed by atoms with Crippen molar-refractivity contribution in [3.8, 4) is 5.75 Å². The number of nitrogens with two attached hydrogens (primary N) is 1. The first-order valence-electron chi connectivity index (χ1n) is 6.46. The zero-order valence-corrected chi connectivity index (χ0v) is 10.7. The van der Waals surface area contributed by atoms with Crippen LogP contribution in [0.25, 0.3) is 0 Å². The molecule has 0 bridgehead atoms. The highest BCUT2D eigenvalue weighted by Crippen LogP contribution is 2.25. The Bertz CT molecular complexity index is 389. The molecule has 1 aromatic rings. The molecule has 0 radical (unpaired) electrons. The summed E-state index contributed by atoms with van der Waals surface area (Å²) in [6.45, 7) is 3.25. The number of ether oxygens (including phenoxy) is 2. The van der Waals surface area contributed by atoms with Crippen molar-refractivity contribution >= 4 is 0 Å². The van der Waals surface area contributed by atoms with E-state index in [2.05, 4.69) is 0 Å². The third kappa shape index (κ3) is 3.43. The summed E-state index contributed by atoms with van der Waals surface area (Å²) in [5, 5.41) is 0. The molecule has 2 rings (SSSR count). The Morgan fingerprint density at radius 3 is 3.06 bits per heavy atom. The summed E-state index contributed by atoms with van der Waals surface area (Å²) in [7, 11) is 0. The molecule has 1 heterocycles. The van der Waals surface area contributed by atoms with E-state index in [0.717, 1.165) is 25.9 Å². The molecule has 0 aromatic heterocycles. The summed E-state index contributed by atoms with van der Waals surface area (Å²) in [5.41, 5.74) is 6.52. The topological polar surface area (TPSA) is 44.5 Å². The fraction of sp³-hybridized carbons (Fsp3) is 0.571. The van der Waals surface area contributed by atoms with Crippen LogP contribution in [-0.2, 0) is 4.74 Å². The van der Waals surface area contributed by atoms with Crippen molar-refractivity contribution < 1.29 is 13.9 Å². The molecule has 1 aliphatic heterocycles. The Kier molecular flexibility index (Phi) is 4.55. The molecular formula is C14H20FNO2. The largest absolute Gasteiger partial charge is 0.493 e. The second-order valence-corrected chi connectivity index (χ2v) is 4.74. The Labute approximate surface area is 107 Å². The molecule has 0 saturated carbocycles. The normalized spacial score (nSPS) is 20.9. The van der Waals surface area contributed by atoms with Crippen LogP contribution in [0.3, 0.4) is 0 Å². The zero-order valence-electron chi connectivity index (χ0n) is 10.7. The van der Waals surface area contributed by atoms with E-state index in [9.17, 15) is 4.39 Å². The van der Waals surface area contributed by atoms with Gasteiger partial charge in [-0.05, 0) is 38.0 Å². The number of hydrogen-bond acceptors (Lipinski definition) is 3. The van der Waals surface area contributed by atoms with Crippen molar-refractivity contribution in [1.29, 1.82) is 0 Å². The van der Waals surface area contributed by atoms with Gasteiger partial charge in [-0.25, -0.2) is 4.39 Å². The third-order valence-corrected chi connectivity index (χ3v) is 3.18. The molecule has 1 aliphatic rings. The number of benzene rings is 1. The van der Waals surface area contributed by atoms with Gasteiger partial charge in [0.1, 0.15) is 11.6 Å². The molecule has 4 heteroatoms. The Morgan fingerprint density at radius 1 is 1.56 bits per heavy atom. The molecule has 1 aromatic carbocycles. The lowest BCUT2D eigenvalue weighted by molar-refractivity contribution is 0.0901. The SMILES string of the molecule is C[C@H](N)c1cc(F)ccc1OCCC1CCCO1. The van der Waals surface area contributed by atoms with E-state index in [4.69, 9.17) is 15.2 Å². The lowest BCUT2D eigenvalue weighted by atomic mass is 10.1. The Morgan fingerprint density at radius 2 is 2.39 bits per heavy atom. The Hall–Kier alpha value is -1.13. The molecule has 0 amide bonds. The monoisotopic (exact) mass is 253 g/mol. The van der Waals surface area contributed by atoms with Gasteiger partial charge < -0.3 is 15.2 Å². The van der Waals surface area contributed by atoms with Gasteiger partial charge in [0.05, 0.1) is 12.7 Å². The highest BCUT2D eigenvalue weighted by Gasteiger charge is 2.16. The van der Waals surface area contributed by atoms with Crippen LogP contribution < -0.4 is 10.5 Å². The zero-order chi connectivity index (χ0) is 13.0. The molecule has 2 atom stereocenters. The van der Waals surface area contributed by atoms with E-state index in [1.807, 2.05) is 6.92 Å². The van der Waals surface area contributed by atoms with Gasteiger partial charge >= 0.3 is 0 Å². The van der Waals surface area contributed by atoms with Crippen LogP contribution in [0.4, 0.5) is 4.39 Å². The maximum Gasteiger partial charge on any atom is 0.124 e. The second-order valence-electron chi connectivity index (χ2n) is 4.74. The van der Waals surface area contributed by atoms with Gasteiger partial charge in [-0.2, -0.15) is 0 Å². The van der Waals surface area contributed by atoms with Gasteiger partial charge in [0.15, 0.2) is 0 Å². The molecule has 0 aliphatic carbocycles. The number of halogens is 1. The van der Waals surface area contributed by atoms with Gasteiger partial charge in [-0.3, -0.25) is 0 Å². The summed E-state index contributed by atoms with van der Waals surface area (Å²) < 4.78 is 24.4. The first-order chi connectivity index (χ1) is 8.66. The lowest BCUT2D eigenvalue weighted by Gasteiger charge is -2.15. The number of rotatable bonds is 5. The summed E-state index contributed by atoms with van der Waals surface area (Å²) >= 11 is 0. The highest BCUT2D eigenvalue weighted by molar-refractivity contribution is 5.36. The van der Waals surface area contributed by atoms with E-state index < -0.39 is 0 Å². The van der Waals surface area contributed by atoms with Crippen LogP contribution in [0.1, 0.15) is 37.8 Å². The van der Waals surface area contributed by atoms with Crippen molar-refractivity contribution in [2.75, 3.05) is 13.2 Å². The summed E-state index contributed by atoms with van der Waals surface area (Å²) in [6.07, 6.45) is 3.42. The molecule has 18 heavy (non-hydrogen) atoms. The molecule has 1 unspecified atom stereocenters. The first-order valence-corrected chi connectivity index (χ1v) is 6.46. The molecule has 100 valence electrons. The summed E-state index contributed by atoms with van der Waals surface area (Å²) in [4.78, 5) is 0. The minimum Gasteiger partial charge on any atom is -0.493 e. The molecular weight excluding hydrogens is 233 g/mol. The van der Waals surface area contributed by atoms with Crippen molar-refractivity contribution in [1.82, 2.24) is 0 Å². The van der Waals surface area contributed by atoms with Crippen LogP contribution in [0.5, 0.6) is 5.75 Å². The van der Waals surface area contributed by atoms with Crippen molar-refractivity contribution in [3.05, 3.63) is 29.6 Å². The molecule has 1 fully saturated rings. The van der Waals surface area contributed by atoms with Crippen molar-refractivity contribution in [3.63, 3.8) is 0 Å². The van der Waals surface area contributed by atoms with Crippen molar-refractivity contribution in [2.24, 2.45) is 5.73 Å². The molecule has 1 saturated heterocycles. The smallest absolute Gasteiger partial charge is 0.124 e. The third-order valence-electron chi connectivity index (χ3n) is 3.18. The fourth-order valence-electron chi connectivity index (χ4n) is 2.18.